The molecule has 0 heterocycles. The lowest BCUT2D eigenvalue weighted by Gasteiger charge is -2.10. The molecule has 1 aromatic rings. The van der Waals surface area contributed by atoms with E-state index in [0.29, 0.717) is 11.1 Å². The van der Waals surface area contributed by atoms with E-state index in [9.17, 15) is 9.59 Å². The lowest BCUT2D eigenvalue weighted by Crippen LogP contribution is -2.13. The molecule has 17 heavy (non-hydrogen) atoms. The van der Waals surface area contributed by atoms with E-state index in [4.69, 9.17) is 5.11 Å². The summed E-state index contributed by atoms with van der Waals surface area (Å²) in [5.74, 6) is -1.08. The van der Waals surface area contributed by atoms with Crippen molar-refractivity contribution < 1.29 is 14.7 Å². The molecule has 0 radical (unpaired) electrons. The van der Waals surface area contributed by atoms with Gasteiger partial charge in [0, 0.05) is 11.6 Å². The van der Waals surface area contributed by atoms with Gasteiger partial charge in [0.15, 0.2) is 5.78 Å². The Bertz CT molecular complexity index is 476. The van der Waals surface area contributed by atoms with Crippen LogP contribution < -0.4 is 0 Å². The number of alkyl halides is 1. The zero-order valence-electron chi connectivity index (χ0n) is 9.61. The summed E-state index contributed by atoms with van der Waals surface area (Å²) in [7, 11) is 0. The highest BCUT2D eigenvalue weighted by molar-refractivity contribution is 9.10. The van der Waals surface area contributed by atoms with Crippen LogP contribution in [-0.4, -0.2) is 21.7 Å². The number of benzene rings is 1. The van der Waals surface area contributed by atoms with Crippen molar-refractivity contribution in [2.45, 2.75) is 18.7 Å². The Morgan fingerprint density at radius 1 is 1.41 bits per heavy atom. The molecule has 0 aliphatic heterocycles. The lowest BCUT2D eigenvalue weighted by molar-refractivity contribution is -0.131. The third kappa shape index (κ3) is 3.53. The van der Waals surface area contributed by atoms with Gasteiger partial charge in [0.25, 0.3) is 0 Å². The first-order chi connectivity index (χ1) is 7.93. The molecule has 3 nitrogen and oxygen atoms in total. The highest BCUT2D eigenvalue weighted by atomic mass is 79.9. The molecule has 0 saturated carbocycles. The van der Waals surface area contributed by atoms with Gasteiger partial charge in [-0.15, -0.1) is 0 Å². The second kappa shape index (κ2) is 5.77. The number of hydrogen-bond donors (Lipinski definition) is 1. The van der Waals surface area contributed by atoms with Crippen LogP contribution in [0.5, 0.6) is 0 Å². The molecular weight excluding hydrogens is 284 g/mol. The van der Waals surface area contributed by atoms with Crippen molar-refractivity contribution in [3.05, 3.63) is 41.0 Å². The fourth-order valence-corrected chi connectivity index (χ4v) is 1.75. The molecule has 0 fully saturated rings. The van der Waals surface area contributed by atoms with Gasteiger partial charge in [-0.2, -0.15) is 0 Å². The van der Waals surface area contributed by atoms with E-state index in [1.54, 1.807) is 19.1 Å². The number of carbonyl (C=O) groups excluding carboxylic acids is 1. The van der Waals surface area contributed by atoms with Gasteiger partial charge in [-0.3, -0.25) is 4.79 Å². The van der Waals surface area contributed by atoms with E-state index in [2.05, 4.69) is 15.9 Å². The number of hydrogen-bond acceptors (Lipinski definition) is 2. The van der Waals surface area contributed by atoms with Gasteiger partial charge in [0.1, 0.15) is 0 Å². The van der Waals surface area contributed by atoms with Gasteiger partial charge in [0.05, 0.1) is 4.83 Å². The van der Waals surface area contributed by atoms with Crippen LogP contribution in [0.15, 0.2) is 24.3 Å². The minimum atomic E-state index is -1.03. The summed E-state index contributed by atoms with van der Waals surface area (Å²) in [6.45, 7) is 3.58. The molecule has 1 aromatic carbocycles. The molecule has 0 aliphatic rings. The number of carboxylic acids is 1. The first kappa shape index (κ1) is 13.6. The Morgan fingerprint density at radius 2 is 2.06 bits per heavy atom. The number of carboxylic acid groups (broad SMARTS) is 1. The van der Waals surface area contributed by atoms with Crippen molar-refractivity contribution in [3.63, 3.8) is 0 Å². The molecule has 0 saturated heterocycles. The van der Waals surface area contributed by atoms with Crippen LogP contribution in [0.4, 0.5) is 0 Å². The number of halogens is 1. The summed E-state index contributed by atoms with van der Waals surface area (Å²) >= 11 is 3.23. The Labute approximate surface area is 108 Å². The number of rotatable bonds is 4. The Hall–Kier alpha value is -1.42. The van der Waals surface area contributed by atoms with Crippen molar-refractivity contribution in [3.8, 4) is 0 Å². The molecule has 0 aromatic heterocycles. The summed E-state index contributed by atoms with van der Waals surface area (Å²) < 4.78 is 0. The quantitative estimate of drug-likeness (QED) is 0.528. The normalized spacial score (nSPS) is 12.6. The van der Waals surface area contributed by atoms with E-state index >= 15 is 0 Å². The molecule has 1 unspecified atom stereocenters. The van der Waals surface area contributed by atoms with Crippen LogP contribution in [-0.2, 0) is 4.79 Å². The van der Waals surface area contributed by atoms with Crippen LogP contribution in [0.3, 0.4) is 0 Å². The maximum atomic E-state index is 12.0. The average Bonchev–Trinajstić information content (AvgIpc) is 2.25. The Balaban J connectivity index is 3.27. The van der Waals surface area contributed by atoms with E-state index in [-0.39, 0.29) is 10.6 Å². The fourth-order valence-electron chi connectivity index (χ4n) is 1.53. The largest absolute Gasteiger partial charge is 0.478 e. The lowest BCUT2D eigenvalue weighted by atomic mass is 9.96. The van der Waals surface area contributed by atoms with Crippen LogP contribution in [0.1, 0.15) is 28.4 Å². The minimum absolute atomic E-state index is 0.0480. The molecular formula is C13H13BrO3. The highest BCUT2D eigenvalue weighted by Gasteiger charge is 2.17. The van der Waals surface area contributed by atoms with Gasteiger partial charge >= 0.3 is 5.97 Å². The van der Waals surface area contributed by atoms with Crippen LogP contribution in [0, 0.1) is 6.92 Å². The molecule has 90 valence electrons. The third-order valence-corrected chi connectivity index (χ3v) is 2.73. The van der Waals surface area contributed by atoms with Gasteiger partial charge in [-0.05, 0) is 31.1 Å². The number of Topliss-reactive ketones (excluding diaryl/α,β-unsaturated/α-hetero) is 1. The standard InChI is InChI=1S/C13H13BrO3/c1-8-4-3-5-10(6-7-11(15)16)12(8)13(17)9(2)14/h3-7,9H,1-2H3,(H,15,16)/b7-6+. The zero-order chi connectivity index (χ0) is 13.0. The SMILES string of the molecule is Cc1cccc(/C=C/C(=O)O)c1C(=O)C(C)Br. The number of aliphatic carboxylic acids is 1. The molecule has 1 N–H and O–H groups in total. The predicted molar refractivity (Wildman–Crippen MR) is 70.6 cm³/mol. The molecule has 0 amide bonds. The molecule has 1 rings (SSSR count). The van der Waals surface area contributed by atoms with Gasteiger partial charge in [-0.1, -0.05) is 34.1 Å². The Kier molecular flexibility index (Phi) is 4.63. The first-order valence-corrected chi connectivity index (χ1v) is 6.04. The maximum Gasteiger partial charge on any atom is 0.328 e. The highest BCUT2D eigenvalue weighted by Crippen LogP contribution is 2.20. The summed E-state index contributed by atoms with van der Waals surface area (Å²) in [4.78, 5) is 22.2. The number of aryl methyl sites for hydroxylation is 1. The molecule has 0 aliphatic carbocycles. The molecule has 1 atom stereocenters. The second-order valence-corrected chi connectivity index (χ2v) is 5.06. The Morgan fingerprint density at radius 3 is 2.59 bits per heavy atom. The van der Waals surface area contributed by atoms with Crippen molar-refractivity contribution in [2.75, 3.05) is 0 Å². The first-order valence-electron chi connectivity index (χ1n) is 5.12. The fraction of sp³-hybridized carbons (Fsp3) is 0.231. The topological polar surface area (TPSA) is 54.4 Å². The van der Waals surface area contributed by atoms with E-state index in [0.717, 1.165) is 11.6 Å². The molecule has 0 bridgehead atoms. The minimum Gasteiger partial charge on any atom is -0.478 e. The summed E-state index contributed by atoms with van der Waals surface area (Å²) in [5.41, 5.74) is 2.03. The average molecular weight is 297 g/mol. The van der Waals surface area contributed by atoms with Crippen LogP contribution in [0.25, 0.3) is 6.08 Å². The number of ketones is 1. The van der Waals surface area contributed by atoms with E-state index in [1.807, 2.05) is 13.0 Å². The second-order valence-electron chi connectivity index (χ2n) is 3.69. The molecule has 4 heteroatoms. The van der Waals surface area contributed by atoms with Crippen LogP contribution >= 0.6 is 15.9 Å². The van der Waals surface area contributed by atoms with Crippen molar-refractivity contribution in [2.24, 2.45) is 0 Å². The third-order valence-electron chi connectivity index (χ3n) is 2.32. The van der Waals surface area contributed by atoms with E-state index < -0.39 is 5.97 Å². The summed E-state index contributed by atoms with van der Waals surface area (Å²) in [5, 5.41) is 8.60. The van der Waals surface area contributed by atoms with Gasteiger partial charge in [-0.25, -0.2) is 4.79 Å². The van der Waals surface area contributed by atoms with Gasteiger partial charge in [0.2, 0.25) is 0 Å². The molecule has 0 spiro atoms. The number of carbonyl (C=O) groups is 2. The van der Waals surface area contributed by atoms with Gasteiger partial charge < -0.3 is 5.11 Å². The van der Waals surface area contributed by atoms with Crippen LogP contribution in [0.2, 0.25) is 0 Å². The summed E-state index contributed by atoms with van der Waals surface area (Å²) in [6, 6.07) is 5.36. The zero-order valence-corrected chi connectivity index (χ0v) is 11.2. The predicted octanol–water partition coefficient (Wildman–Crippen LogP) is 3.06. The van der Waals surface area contributed by atoms with Crippen molar-refractivity contribution in [1.82, 2.24) is 0 Å². The smallest absolute Gasteiger partial charge is 0.328 e. The van der Waals surface area contributed by atoms with Crippen molar-refractivity contribution in [1.29, 1.82) is 0 Å². The summed E-state index contributed by atoms with van der Waals surface area (Å²) in [6.07, 6.45) is 2.47. The maximum absolute atomic E-state index is 12.0. The van der Waals surface area contributed by atoms with Crippen molar-refractivity contribution >= 4 is 33.8 Å². The monoisotopic (exact) mass is 296 g/mol. The van der Waals surface area contributed by atoms with E-state index in [1.165, 1.54) is 6.08 Å².